The normalized spacial score (nSPS) is 10.7. The van der Waals surface area contributed by atoms with Crippen molar-refractivity contribution >= 4 is 35.2 Å². The Balaban J connectivity index is 2.06. The molecule has 4 aromatic carbocycles. The molecule has 5 rings (SSSR count). The number of carboxylic acid groups (broad SMARTS) is 4. The van der Waals surface area contributed by atoms with E-state index in [4.69, 9.17) is 0 Å². The summed E-state index contributed by atoms with van der Waals surface area (Å²) in [5, 5.41) is 40.3. The molecule has 9 heteroatoms. The minimum Gasteiger partial charge on any atom is -0.478 e. The Labute approximate surface area is 237 Å². The molecule has 1 aromatic heterocycles. The number of carbonyl (C=O) groups is 4. The SMILES string of the molecule is O=C(O)c1ccccc1-c1sc(-c2ccccc2C(=O)O)c(-c2ccccc2C(=O)O)c1-c1ccccc1C(=O)O. The first-order valence-corrected chi connectivity index (χ1v) is 13.0. The minimum atomic E-state index is -1.24. The average Bonchev–Trinajstić information content (AvgIpc) is 3.37. The molecule has 0 aliphatic heterocycles. The van der Waals surface area contributed by atoms with E-state index in [-0.39, 0.29) is 55.6 Å². The van der Waals surface area contributed by atoms with Crippen LogP contribution in [0.4, 0.5) is 0 Å². The Hall–Kier alpha value is -5.54. The Morgan fingerprint density at radius 3 is 0.927 bits per heavy atom. The van der Waals surface area contributed by atoms with E-state index < -0.39 is 23.9 Å². The molecule has 1 heterocycles. The third-order valence-electron chi connectivity index (χ3n) is 6.57. The fourth-order valence-electron chi connectivity index (χ4n) is 4.83. The van der Waals surface area contributed by atoms with Crippen molar-refractivity contribution in [3.05, 3.63) is 119 Å². The second-order valence-electron chi connectivity index (χ2n) is 8.91. The minimum absolute atomic E-state index is 0.0565. The van der Waals surface area contributed by atoms with Gasteiger partial charge in [0.1, 0.15) is 0 Å². The van der Waals surface area contributed by atoms with Gasteiger partial charge in [0, 0.05) is 32.0 Å². The second-order valence-corrected chi connectivity index (χ2v) is 9.93. The highest BCUT2D eigenvalue weighted by molar-refractivity contribution is 7.20. The molecule has 0 unspecified atom stereocenters. The maximum absolute atomic E-state index is 12.4. The topological polar surface area (TPSA) is 149 Å². The van der Waals surface area contributed by atoms with E-state index in [0.717, 1.165) is 11.3 Å². The molecule has 4 N–H and O–H groups in total. The van der Waals surface area contributed by atoms with Crippen LogP contribution in [0.2, 0.25) is 0 Å². The molecule has 8 nitrogen and oxygen atoms in total. The third-order valence-corrected chi connectivity index (χ3v) is 7.82. The molecule has 0 spiro atoms. The molecule has 0 fully saturated rings. The van der Waals surface area contributed by atoms with Crippen molar-refractivity contribution in [1.29, 1.82) is 0 Å². The zero-order valence-electron chi connectivity index (χ0n) is 21.1. The van der Waals surface area contributed by atoms with E-state index in [1.807, 2.05) is 0 Å². The average molecular weight is 565 g/mol. The summed E-state index contributed by atoms with van der Waals surface area (Å²) in [4.78, 5) is 50.1. The maximum atomic E-state index is 12.4. The van der Waals surface area contributed by atoms with E-state index in [0.29, 0.717) is 9.75 Å². The van der Waals surface area contributed by atoms with Crippen LogP contribution in [0.25, 0.3) is 43.1 Å². The summed E-state index contributed by atoms with van der Waals surface area (Å²) in [6.07, 6.45) is 0. The monoisotopic (exact) mass is 564 g/mol. The number of carboxylic acids is 4. The van der Waals surface area contributed by atoms with Gasteiger partial charge in [0.25, 0.3) is 0 Å². The molecule has 5 aromatic rings. The lowest BCUT2D eigenvalue weighted by molar-refractivity contribution is 0.0686. The quantitative estimate of drug-likeness (QED) is 0.154. The largest absolute Gasteiger partial charge is 0.478 e. The van der Waals surface area contributed by atoms with Crippen molar-refractivity contribution in [3.8, 4) is 43.1 Å². The van der Waals surface area contributed by atoms with Crippen molar-refractivity contribution in [3.63, 3.8) is 0 Å². The highest BCUT2D eigenvalue weighted by Crippen LogP contribution is 2.54. The van der Waals surface area contributed by atoms with Gasteiger partial charge >= 0.3 is 23.9 Å². The molecule has 0 saturated heterocycles. The van der Waals surface area contributed by atoms with Gasteiger partial charge < -0.3 is 20.4 Å². The van der Waals surface area contributed by atoms with Gasteiger partial charge in [0.2, 0.25) is 0 Å². The fraction of sp³-hybridized carbons (Fsp3) is 0. The van der Waals surface area contributed by atoms with Crippen LogP contribution in [0.15, 0.2) is 97.1 Å². The Morgan fingerprint density at radius 1 is 0.390 bits per heavy atom. The van der Waals surface area contributed by atoms with Crippen molar-refractivity contribution in [1.82, 2.24) is 0 Å². The summed E-state index contributed by atoms with van der Waals surface area (Å²) in [6, 6.07) is 24.7. The second kappa shape index (κ2) is 10.9. The molecular formula is C32H20O8S. The van der Waals surface area contributed by atoms with E-state index in [1.165, 1.54) is 24.3 Å². The number of hydrogen-bond donors (Lipinski definition) is 4. The van der Waals surface area contributed by atoms with Gasteiger partial charge in [-0.05, 0) is 35.4 Å². The molecule has 41 heavy (non-hydrogen) atoms. The van der Waals surface area contributed by atoms with Crippen molar-refractivity contribution in [2.45, 2.75) is 0 Å². The summed E-state index contributed by atoms with van der Waals surface area (Å²) < 4.78 is 0. The summed E-state index contributed by atoms with van der Waals surface area (Å²) in [5.41, 5.74) is 1.26. The Bertz CT molecular complexity index is 1730. The smallest absolute Gasteiger partial charge is 0.336 e. The lowest BCUT2D eigenvalue weighted by Crippen LogP contribution is -2.04. The van der Waals surface area contributed by atoms with E-state index >= 15 is 0 Å². The molecular weight excluding hydrogens is 544 g/mol. The van der Waals surface area contributed by atoms with Gasteiger partial charge in [0.15, 0.2) is 0 Å². The van der Waals surface area contributed by atoms with Crippen LogP contribution in [-0.4, -0.2) is 44.3 Å². The number of thiophene rings is 1. The van der Waals surface area contributed by atoms with Crippen molar-refractivity contribution in [2.75, 3.05) is 0 Å². The van der Waals surface area contributed by atoms with Gasteiger partial charge in [-0.15, -0.1) is 11.3 Å². The van der Waals surface area contributed by atoms with Crippen molar-refractivity contribution in [2.24, 2.45) is 0 Å². The first-order valence-electron chi connectivity index (χ1n) is 12.2. The van der Waals surface area contributed by atoms with Crippen LogP contribution in [0.3, 0.4) is 0 Å². The van der Waals surface area contributed by atoms with Gasteiger partial charge in [0.05, 0.1) is 22.3 Å². The predicted octanol–water partition coefficient (Wildman–Crippen LogP) is 7.21. The molecule has 0 radical (unpaired) electrons. The number of aromatic carboxylic acids is 4. The molecule has 0 amide bonds. The highest BCUT2D eigenvalue weighted by Gasteiger charge is 2.30. The molecule has 0 aliphatic carbocycles. The summed E-state index contributed by atoms with van der Waals surface area (Å²) in [7, 11) is 0. The van der Waals surface area contributed by atoms with E-state index in [1.54, 1.807) is 72.8 Å². The van der Waals surface area contributed by atoms with E-state index in [2.05, 4.69) is 0 Å². The summed E-state index contributed by atoms with van der Waals surface area (Å²) in [6.45, 7) is 0. The van der Waals surface area contributed by atoms with Gasteiger partial charge in [-0.3, -0.25) is 0 Å². The number of benzene rings is 4. The molecule has 202 valence electrons. The van der Waals surface area contributed by atoms with Gasteiger partial charge in [-0.25, -0.2) is 19.2 Å². The predicted molar refractivity (Wildman–Crippen MR) is 154 cm³/mol. The standard InChI is InChI=1S/C32H20O8S/c33-29(34)21-13-5-1-9-17(21)25-26(18-10-2-6-14-22(18)30(35)36)28(20-12-4-8-16-24(20)32(39)40)41-27(25)19-11-3-7-15-23(19)31(37)38/h1-16H,(H,33,34)(H,35,36)(H,37,38)(H,39,40). The first-order chi connectivity index (χ1) is 19.7. The number of rotatable bonds is 8. The van der Waals surface area contributed by atoms with E-state index in [9.17, 15) is 39.6 Å². The van der Waals surface area contributed by atoms with Crippen LogP contribution < -0.4 is 0 Å². The first kappa shape index (κ1) is 27.0. The molecule has 0 atom stereocenters. The number of hydrogen-bond acceptors (Lipinski definition) is 5. The Morgan fingerprint density at radius 2 is 0.634 bits per heavy atom. The van der Waals surface area contributed by atoms with Gasteiger partial charge in [-0.2, -0.15) is 0 Å². The molecule has 0 aliphatic rings. The summed E-state index contributed by atoms with van der Waals surface area (Å²) in [5.74, 6) is -4.92. The lowest BCUT2D eigenvalue weighted by Gasteiger charge is -2.15. The molecule has 0 bridgehead atoms. The highest BCUT2D eigenvalue weighted by atomic mass is 32.1. The lowest BCUT2D eigenvalue weighted by atomic mass is 9.86. The fourth-order valence-corrected chi connectivity index (χ4v) is 6.24. The third kappa shape index (κ3) is 4.86. The van der Waals surface area contributed by atoms with Crippen molar-refractivity contribution < 1.29 is 39.6 Å². The van der Waals surface area contributed by atoms with Crippen LogP contribution in [0.1, 0.15) is 41.4 Å². The summed E-state index contributed by atoms with van der Waals surface area (Å²) >= 11 is 1.07. The van der Waals surface area contributed by atoms with Crippen LogP contribution in [0.5, 0.6) is 0 Å². The zero-order valence-corrected chi connectivity index (χ0v) is 21.9. The van der Waals surface area contributed by atoms with Gasteiger partial charge in [-0.1, -0.05) is 72.8 Å². The maximum Gasteiger partial charge on any atom is 0.336 e. The zero-order chi connectivity index (χ0) is 29.3. The van der Waals surface area contributed by atoms with Crippen LogP contribution >= 0.6 is 11.3 Å². The van der Waals surface area contributed by atoms with Crippen LogP contribution in [-0.2, 0) is 0 Å². The molecule has 0 saturated carbocycles. The Kier molecular flexibility index (Phi) is 7.20. The van der Waals surface area contributed by atoms with Crippen LogP contribution in [0, 0.1) is 0 Å².